The molecule has 2 heteroatoms. The third kappa shape index (κ3) is 15.7. The van der Waals surface area contributed by atoms with E-state index in [4.69, 9.17) is 11.6 Å². The van der Waals surface area contributed by atoms with Gasteiger partial charge in [0.1, 0.15) is 0 Å². The van der Waals surface area contributed by atoms with Crippen LogP contribution in [0.5, 0.6) is 0 Å². The number of rotatable bonds is 10. The molecule has 0 rings (SSSR count). The van der Waals surface area contributed by atoms with Crippen molar-refractivity contribution in [3.8, 4) is 0 Å². The summed E-state index contributed by atoms with van der Waals surface area (Å²) >= 11 is 5.60. The molecule has 0 atom stereocenters. The zero-order valence-electron chi connectivity index (χ0n) is 11.2. The first-order chi connectivity index (χ1) is 6.41. The van der Waals surface area contributed by atoms with Crippen molar-refractivity contribution < 1.29 is 31.0 Å². The number of alkyl halides is 1. The van der Waals surface area contributed by atoms with Crippen LogP contribution in [0.1, 0.15) is 72.6 Å². The second-order valence-electron chi connectivity index (χ2n) is 3.87. The monoisotopic (exact) mass is 228 g/mol. The molecule has 0 fully saturated rings. The normalized spacial score (nSPS) is 9.86. The Morgan fingerprint density at radius 1 is 0.714 bits per heavy atom. The van der Waals surface area contributed by atoms with Gasteiger partial charge in [-0.05, 0) is 6.42 Å². The fourth-order valence-electron chi connectivity index (χ4n) is 1.58. The Labute approximate surface area is 119 Å². The Kier molecular flexibility index (Phi) is 21.1. The molecule has 0 aliphatic heterocycles. The van der Waals surface area contributed by atoms with Crippen LogP contribution in [-0.2, 0) is 0 Å². The van der Waals surface area contributed by atoms with Gasteiger partial charge in [0.15, 0.2) is 0 Å². The minimum atomic E-state index is 0. The second-order valence-corrected chi connectivity index (χ2v) is 4.25. The minimum absolute atomic E-state index is 0. The van der Waals surface area contributed by atoms with Gasteiger partial charge < -0.3 is 1.43 Å². The first-order valence-electron chi connectivity index (χ1n) is 5.97. The summed E-state index contributed by atoms with van der Waals surface area (Å²) < 4.78 is 0. The molecule has 0 N–H and O–H groups in total. The van der Waals surface area contributed by atoms with E-state index < -0.39 is 0 Å². The van der Waals surface area contributed by atoms with Gasteiger partial charge in [-0.25, -0.2) is 0 Å². The van der Waals surface area contributed by atoms with Gasteiger partial charge >= 0.3 is 29.6 Å². The fraction of sp³-hybridized carbons (Fsp3) is 1.00. The van der Waals surface area contributed by atoms with Crippen molar-refractivity contribution in [3.63, 3.8) is 0 Å². The molecule has 0 aliphatic carbocycles. The molecule has 0 amide bonds. The summed E-state index contributed by atoms with van der Waals surface area (Å²) in [7, 11) is 0. The molecule has 0 saturated carbocycles. The van der Waals surface area contributed by atoms with Crippen LogP contribution in [-0.4, -0.2) is 5.88 Å². The van der Waals surface area contributed by atoms with Crippen molar-refractivity contribution in [3.05, 3.63) is 0 Å². The predicted molar refractivity (Wildman–Crippen MR) is 63.7 cm³/mol. The van der Waals surface area contributed by atoms with E-state index in [1.807, 2.05) is 0 Å². The van der Waals surface area contributed by atoms with Crippen LogP contribution in [0, 0.1) is 0 Å². The number of hydrogen-bond donors (Lipinski definition) is 0. The fourth-order valence-corrected chi connectivity index (χ4v) is 1.77. The Morgan fingerprint density at radius 2 is 1.07 bits per heavy atom. The van der Waals surface area contributed by atoms with Crippen LogP contribution in [0.15, 0.2) is 0 Å². The first-order valence-corrected chi connectivity index (χ1v) is 6.51. The standard InChI is InChI=1S/C12H25Cl.Na.H/c1-2-3-4-5-6-7-8-9-10-11-12-13;;/h2-12H2,1H3;;/q;+1;-1. The van der Waals surface area contributed by atoms with E-state index >= 15 is 0 Å². The largest absolute Gasteiger partial charge is 1.00 e. The molecule has 0 radical (unpaired) electrons. The summed E-state index contributed by atoms with van der Waals surface area (Å²) in [5.74, 6) is 0.844. The van der Waals surface area contributed by atoms with Gasteiger partial charge in [-0.1, -0.05) is 64.7 Å². The topological polar surface area (TPSA) is 0 Å². The maximum atomic E-state index is 5.60. The number of halogens is 1. The van der Waals surface area contributed by atoms with Crippen LogP contribution >= 0.6 is 11.6 Å². The second kappa shape index (κ2) is 16.7. The van der Waals surface area contributed by atoms with Crippen LogP contribution in [0.2, 0.25) is 0 Å². The maximum Gasteiger partial charge on any atom is 1.00 e. The Balaban J connectivity index is -0.000000720. The Morgan fingerprint density at radius 3 is 1.43 bits per heavy atom. The third-order valence-corrected chi connectivity index (χ3v) is 2.75. The maximum absolute atomic E-state index is 5.60. The van der Waals surface area contributed by atoms with Crippen LogP contribution in [0.4, 0.5) is 0 Å². The van der Waals surface area contributed by atoms with E-state index in [2.05, 4.69) is 6.92 Å². The zero-order chi connectivity index (χ0) is 9.78. The zero-order valence-corrected chi connectivity index (χ0v) is 12.9. The summed E-state index contributed by atoms with van der Waals surface area (Å²) in [6, 6.07) is 0. The van der Waals surface area contributed by atoms with Crippen molar-refractivity contribution >= 4 is 11.6 Å². The van der Waals surface area contributed by atoms with Gasteiger partial charge in [0.2, 0.25) is 0 Å². The summed E-state index contributed by atoms with van der Waals surface area (Å²) in [4.78, 5) is 0. The summed E-state index contributed by atoms with van der Waals surface area (Å²) in [6.07, 6.45) is 13.9. The van der Waals surface area contributed by atoms with Crippen LogP contribution in [0.3, 0.4) is 0 Å². The van der Waals surface area contributed by atoms with E-state index in [-0.39, 0.29) is 31.0 Å². The molecule has 0 saturated heterocycles. The summed E-state index contributed by atoms with van der Waals surface area (Å²) in [6.45, 7) is 2.27. The van der Waals surface area contributed by atoms with E-state index in [1.165, 1.54) is 64.2 Å². The molecule has 0 aromatic carbocycles. The molecular formula is C12H26ClNa. The third-order valence-electron chi connectivity index (χ3n) is 2.49. The van der Waals surface area contributed by atoms with Crippen LogP contribution in [0.25, 0.3) is 0 Å². The van der Waals surface area contributed by atoms with Gasteiger partial charge in [0, 0.05) is 5.88 Å². The van der Waals surface area contributed by atoms with Gasteiger partial charge in [-0.3, -0.25) is 0 Å². The van der Waals surface area contributed by atoms with Crippen LogP contribution < -0.4 is 29.6 Å². The van der Waals surface area contributed by atoms with E-state index in [9.17, 15) is 0 Å². The molecule has 14 heavy (non-hydrogen) atoms. The molecule has 0 aromatic heterocycles. The Bertz CT molecular complexity index is 81.7. The van der Waals surface area contributed by atoms with Crippen molar-refractivity contribution in [2.75, 3.05) is 5.88 Å². The van der Waals surface area contributed by atoms with Crippen molar-refractivity contribution in [1.29, 1.82) is 0 Å². The van der Waals surface area contributed by atoms with E-state index in [1.54, 1.807) is 0 Å². The molecule has 0 aromatic rings. The number of unbranched alkanes of at least 4 members (excludes halogenated alkanes) is 9. The van der Waals surface area contributed by atoms with Gasteiger partial charge in [0.25, 0.3) is 0 Å². The molecular weight excluding hydrogens is 203 g/mol. The van der Waals surface area contributed by atoms with Crippen molar-refractivity contribution in [2.24, 2.45) is 0 Å². The molecule has 0 unspecified atom stereocenters. The molecule has 0 spiro atoms. The molecule has 0 aliphatic rings. The molecule has 0 bridgehead atoms. The predicted octanol–water partition coefficient (Wildman–Crippen LogP) is 2.26. The quantitative estimate of drug-likeness (QED) is 0.306. The van der Waals surface area contributed by atoms with Gasteiger partial charge in [-0.2, -0.15) is 0 Å². The molecule has 0 heterocycles. The smallest absolute Gasteiger partial charge is 1.00 e. The summed E-state index contributed by atoms with van der Waals surface area (Å²) in [5, 5.41) is 0. The number of hydrogen-bond acceptors (Lipinski definition) is 0. The van der Waals surface area contributed by atoms with E-state index in [0.29, 0.717) is 0 Å². The van der Waals surface area contributed by atoms with Gasteiger partial charge in [0.05, 0.1) is 0 Å². The van der Waals surface area contributed by atoms with Crippen molar-refractivity contribution in [2.45, 2.75) is 71.1 Å². The average molecular weight is 229 g/mol. The molecule has 0 nitrogen and oxygen atoms in total. The minimum Gasteiger partial charge on any atom is -1.00 e. The Hall–Kier alpha value is 1.29. The van der Waals surface area contributed by atoms with Gasteiger partial charge in [-0.15, -0.1) is 11.6 Å². The first kappa shape index (κ1) is 17.7. The van der Waals surface area contributed by atoms with Crippen molar-refractivity contribution in [1.82, 2.24) is 0 Å². The molecule has 82 valence electrons. The average Bonchev–Trinajstić information content (AvgIpc) is 2.16. The SMILES string of the molecule is CCCCCCCCCCCCCl.[H-].[Na+]. The summed E-state index contributed by atoms with van der Waals surface area (Å²) in [5.41, 5.74) is 0. The van der Waals surface area contributed by atoms with E-state index in [0.717, 1.165) is 5.88 Å².